The van der Waals surface area contributed by atoms with Crippen molar-refractivity contribution < 1.29 is 14.3 Å². The van der Waals surface area contributed by atoms with Crippen molar-refractivity contribution in [2.75, 3.05) is 25.5 Å². The van der Waals surface area contributed by atoms with Gasteiger partial charge in [-0.3, -0.25) is 9.59 Å². The number of rotatable bonds is 4. The standard InChI is InChI=1S/C26H28N6O3.CH4/c1-15-13-32(14-16(2)29-15)25(34)17-4-6-19(7-5-17)30-26-28-12-18-11-27-24(33)22-10-20(35-3)8-9-21(22)23(18)31-26;/h4-10,12,15-16,29H,11,13-14H2,1-3H3,(H,27,33)(H,28,30,31);1H4. The van der Waals surface area contributed by atoms with E-state index >= 15 is 0 Å². The van der Waals surface area contributed by atoms with Crippen molar-refractivity contribution in [2.45, 2.75) is 39.9 Å². The molecule has 0 aliphatic carbocycles. The maximum Gasteiger partial charge on any atom is 0.253 e. The number of piperazine rings is 1. The molecule has 3 heterocycles. The van der Waals surface area contributed by atoms with Crippen LogP contribution in [0.1, 0.15) is 47.6 Å². The third kappa shape index (κ3) is 5.01. The van der Waals surface area contributed by atoms with Crippen LogP contribution in [0.4, 0.5) is 11.6 Å². The first-order chi connectivity index (χ1) is 16.9. The van der Waals surface area contributed by atoms with Crippen LogP contribution in [-0.4, -0.2) is 59.0 Å². The Hall–Kier alpha value is -3.98. The zero-order valence-electron chi connectivity index (χ0n) is 20.0. The van der Waals surface area contributed by atoms with Gasteiger partial charge in [-0.1, -0.05) is 7.43 Å². The molecule has 1 aromatic heterocycles. The number of nitrogens with one attached hydrogen (secondary N) is 3. The molecule has 2 aliphatic heterocycles. The summed E-state index contributed by atoms with van der Waals surface area (Å²) in [6, 6.07) is 13.2. The fourth-order valence-electron chi connectivity index (χ4n) is 4.65. The van der Waals surface area contributed by atoms with E-state index in [-0.39, 0.29) is 31.3 Å². The van der Waals surface area contributed by atoms with E-state index in [0.717, 1.165) is 16.8 Å². The summed E-state index contributed by atoms with van der Waals surface area (Å²) in [7, 11) is 1.57. The normalized spacial score (nSPS) is 18.6. The van der Waals surface area contributed by atoms with Crippen LogP contribution in [0, 0.1) is 0 Å². The molecule has 1 fully saturated rings. The smallest absolute Gasteiger partial charge is 0.253 e. The molecule has 0 spiro atoms. The van der Waals surface area contributed by atoms with Crippen LogP contribution >= 0.6 is 0 Å². The molecule has 36 heavy (non-hydrogen) atoms. The predicted molar refractivity (Wildman–Crippen MR) is 140 cm³/mol. The quantitative estimate of drug-likeness (QED) is 0.515. The number of ether oxygens (including phenoxy) is 1. The summed E-state index contributed by atoms with van der Waals surface area (Å²) < 4.78 is 5.28. The van der Waals surface area contributed by atoms with E-state index < -0.39 is 0 Å². The van der Waals surface area contributed by atoms with Crippen LogP contribution in [-0.2, 0) is 6.54 Å². The highest BCUT2D eigenvalue weighted by Crippen LogP contribution is 2.31. The summed E-state index contributed by atoms with van der Waals surface area (Å²) >= 11 is 0. The summed E-state index contributed by atoms with van der Waals surface area (Å²) in [5, 5.41) is 9.55. The maximum atomic E-state index is 13.0. The number of amides is 2. The Bertz CT molecular complexity index is 1270. The molecule has 2 aliphatic rings. The minimum absolute atomic E-state index is 0. The SMILES string of the molecule is C.COc1ccc2c(c1)C(=O)NCc1cnc(Nc3ccc(C(=O)N4CC(C)NC(C)C4)cc3)nc1-2. The molecule has 3 aromatic rings. The number of aromatic nitrogens is 2. The fraction of sp³-hybridized carbons (Fsp3) is 0.333. The van der Waals surface area contributed by atoms with E-state index in [9.17, 15) is 9.59 Å². The number of carbonyl (C=O) groups excluding carboxylic acids is 2. The fourth-order valence-corrected chi connectivity index (χ4v) is 4.65. The lowest BCUT2D eigenvalue weighted by molar-refractivity contribution is 0.0673. The van der Waals surface area contributed by atoms with Gasteiger partial charge >= 0.3 is 0 Å². The first-order valence-corrected chi connectivity index (χ1v) is 11.7. The molecule has 9 heteroatoms. The molecule has 2 unspecified atom stereocenters. The van der Waals surface area contributed by atoms with Crippen LogP contribution in [0.2, 0.25) is 0 Å². The maximum absolute atomic E-state index is 13.0. The van der Waals surface area contributed by atoms with Gasteiger partial charge in [0.25, 0.3) is 11.8 Å². The lowest BCUT2D eigenvalue weighted by atomic mass is 10.0. The topological polar surface area (TPSA) is 108 Å². The Morgan fingerprint density at radius 2 is 1.81 bits per heavy atom. The second-order valence-corrected chi connectivity index (χ2v) is 9.04. The Kier molecular flexibility index (Phi) is 7.21. The number of carbonyl (C=O) groups is 2. The van der Waals surface area contributed by atoms with Gasteiger partial charge in [-0.15, -0.1) is 0 Å². The Morgan fingerprint density at radius 3 is 2.50 bits per heavy atom. The lowest BCUT2D eigenvalue weighted by Crippen LogP contribution is -2.55. The lowest BCUT2D eigenvalue weighted by Gasteiger charge is -2.36. The van der Waals surface area contributed by atoms with Crippen LogP contribution in [0.5, 0.6) is 5.75 Å². The van der Waals surface area contributed by atoms with E-state index in [1.807, 2.05) is 41.3 Å². The Balaban J connectivity index is 0.00000304. The van der Waals surface area contributed by atoms with E-state index in [0.29, 0.717) is 48.2 Å². The minimum Gasteiger partial charge on any atom is -0.497 e. The van der Waals surface area contributed by atoms with Crippen molar-refractivity contribution in [3.05, 3.63) is 65.4 Å². The van der Waals surface area contributed by atoms with Gasteiger partial charge in [-0.05, 0) is 56.3 Å². The van der Waals surface area contributed by atoms with Crippen molar-refractivity contribution in [1.82, 2.24) is 25.5 Å². The van der Waals surface area contributed by atoms with Gasteiger partial charge in [0.05, 0.1) is 18.4 Å². The van der Waals surface area contributed by atoms with Crippen molar-refractivity contribution in [3.8, 4) is 17.0 Å². The molecule has 9 nitrogen and oxygen atoms in total. The average molecular weight is 489 g/mol. The van der Waals surface area contributed by atoms with Crippen LogP contribution < -0.4 is 20.7 Å². The number of methoxy groups -OCH3 is 1. The number of nitrogens with zero attached hydrogens (tertiary/aromatic N) is 3. The van der Waals surface area contributed by atoms with Gasteiger partial charge in [0.2, 0.25) is 5.95 Å². The third-order valence-corrected chi connectivity index (χ3v) is 6.26. The first kappa shape index (κ1) is 25.1. The van der Waals surface area contributed by atoms with Crippen LogP contribution in [0.25, 0.3) is 11.3 Å². The zero-order valence-corrected chi connectivity index (χ0v) is 20.0. The van der Waals surface area contributed by atoms with Gasteiger partial charge in [0.15, 0.2) is 0 Å². The van der Waals surface area contributed by atoms with Crippen LogP contribution in [0.3, 0.4) is 0 Å². The number of fused-ring (bicyclic) bond motifs is 3. The van der Waals surface area contributed by atoms with Crippen molar-refractivity contribution in [1.29, 1.82) is 0 Å². The highest BCUT2D eigenvalue weighted by atomic mass is 16.5. The highest BCUT2D eigenvalue weighted by Gasteiger charge is 2.26. The first-order valence-electron chi connectivity index (χ1n) is 11.7. The van der Waals surface area contributed by atoms with Gasteiger partial charge in [0.1, 0.15) is 5.75 Å². The molecular weight excluding hydrogens is 456 g/mol. The van der Waals surface area contributed by atoms with E-state index in [1.54, 1.807) is 19.4 Å². The summed E-state index contributed by atoms with van der Waals surface area (Å²) in [6.45, 7) is 5.90. The number of hydrogen-bond acceptors (Lipinski definition) is 7. The molecule has 188 valence electrons. The summed E-state index contributed by atoms with van der Waals surface area (Å²) in [6.07, 6.45) is 1.72. The van der Waals surface area contributed by atoms with Crippen LogP contribution in [0.15, 0.2) is 48.7 Å². The predicted octanol–water partition coefficient (Wildman–Crippen LogP) is 3.60. The second-order valence-electron chi connectivity index (χ2n) is 9.04. The second kappa shape index (κ2) is 10.3. The van der Waals surface area contributed by atoms with Gasteiger partial charge in [-0.25, -0.2) is 9.97 Å². The van der Waals surface area contributed by atoms with Crippen molar-refractivity contribution >= 4 is 23.5 Å². The molecule has 3 N–H and O–H groups in total. The monoisotopic (exact) mass is 488 g/mol. The minimum atomic E-state index is -0.181. The summed E-state index contributed by atoms with van der Waals surface area (Å²) in [5.74, 6) is 0.861. The Labute approximate surface area is 211 Å². The zero-order chi connectivity index (χ0) is 24.5. The summed E-state index contributed by atoms with van der Waals surface area (Å²) in [4.78, 5) is 36.6. The Morgan fingerprint density at radius 1 is 1.08 bits per heavy atom. The molecule has 0 saturated carbocycles. The third-order valence-electron chi connectivity index (χ3n) is 6.26. The average Bonchev–Trinajstić information content (AvgIpc) is 2.99. The number of benzene rings is 2. The molecule has 2 atom stereocenters. The van der Waals surface area contributed by atoms with E-state index in [2.05, 4.69) is 34.8 Å². The van der Waals surface area contributed by atoms with Gasteiger partial charge < -0.3 is 25.6 Å². The summed E-state index contributed by atoms with van der Waals surface area (Å²) in [5.41, 5.74) is 4.16. The number of hydrogen-bond donors (Lipinski definition) is 3. The number of anilines is 2. The van der Waals surface area contributed by atoms with Crippen molar-refractivity contribution in [3.63, 3.8) is 0 Å². The molecule has 0 radical (unpaired) electrons. The molecule has 2 amide bonds. The largest absolute Gasteiger partial charge is 0.497 e. The van der Waals surface area contributed by atoms with E-state index in [1.165, 1.54) is 0 Å². The molecule has 1 saturated heterocycles. The highest BCUT2D eigenvalue weighted by molar-refractivity contribution is 6.02. The molecule has 2 aromatic carbocycles. The van der Waals surface area contributed by atoms with Crippen molar-refractivity contribution in [2.24, 2.45) is 0 Å². The molecule has 0 bridgehead atoms. The molecular formula is C27H32N6O3. The van der Waals surface area contributed by atoms with Gasteiger partial charge in [-0.2, -0.15) is 0 Å². The van der Waals surface area contributed by atoms with Gasteiger partial charge in [0, 0.05) is 60.3 Å². The molecule has 5 rings (SSSR count). The van der Waals surface area contributed by atoms with E-state index in [4.69, 9.17) is 9.72 Å².